The van der Waals surface area contributed by atoms with Crippen LogP contribution in [0.25, 0.3) is 0 Å². The predicted octanol–water partition coefficient (Wildman–Crippen LogP) is 1.17. The van der Waals surface area contributed by atoms with Crippen LogP contribution >= 0.6 is 0 Å². The summed E-state index contributed by atoms with van der Waals surface area (Å²) in [7, 11) is 0. The topological polar surface area (TPSA) is 81.9 Å². The maximum absolute atomic E-state index is 10.7. The van der Waals surface area contributed by atoms with Crippen LogP contribution in [-0.4, -0.2) is 60.2 Å². The van der Waals surface area contributed by atoms with Gasteiger partial charge in [0.2, 0.25) is 0 Å². The molecule has 0 aromatic heterocycles. The van der Waals surface area contributed by atoms with Crippen LogP contribution < -0.4 is 10.2 Å². The lowest BCUT2D eigenvalue weighted by Gasteiger charge is -2.41. The van der Waals surface area contributed by atoms with Crippen LogP contribution in [0.15, 0.2) is 18.2 Å². The normalized spacial score (nSPS) is 21.0. The molecule has 0 bridgehead atoms. The van der Waals surface area contributed by atoms with Gasteiger partial charge in [-0.15, -0.1) is 0 Å². The molecular formula is C15H22N4O3. The summed E-state index contributed by atoms with van der Waals surface area (Å²) in [6.45, 7) is 6.20. The molecule has 2 N–H and O–H groups in total. The van der Waals surface area contributed by atoms with E-state index in [1.54, 1.807) is 6.07 Å². The van der Waals surface area contributed by atoms with Crippen molar-refractivity contribution in [1.29, 1.82) is 0 Å². The zero-order valence-corrected chi connectivity index (χ0v) is 12.6. The SMILES string of the molecule is O=[N+]([O-])c1ccc(N2CCC(N3CCNCC3)CC2)cc1O. The molecule has 3 rings (SSSR count). The highest BCUT2D eigenvalue weighted by molar-refractivity contribution is 5.58. The fraction of sp³-hybridized carbons (Fsp3) is 0.600. The third-order valence-corrected chi connectivity index (χ3v) is 4.65. The average molecular weight is 306 g/mol. The molecule has 7 heteroatoms. The first-order valence-corrected chi connectivity index (χ1v) is 7.82. The highest BCUT2D eigenvalue weighted by Crippen LogP contribution is 2.32. The quantitative estimate of drug-likeness (QED) is 0.644. The number of piperazine rings is 1. The lowest BCUT2D eigenvalue weighted by Crippen LogP contribution is -2.52. The molecule has 0 saturated carbocycles. The van der Waals surface area contributed by atoms with E-state index in [2.05, 4.69) is 15.1 Å². The van der Waals surface area contributed by atoms with Crippen LogP contribution in [0, 0.1) is 10.1 Å². The van der Waals surface area contributed by atoms with Gasteiger partial charge in [-0.05, 0) is 18.9 Å². The lowest BCUT2D eigenvalue weighted by atomic mass is 10.0. The second-order valence-electron chi connectivity index (χ2n) is 5.93. The van der Waals surface area contributed by atoms with Gasteiger partial charge in [-0.3, -0.25) is 15.0 Å². The number of benzene rings is 1. The summed E-state index contributed by atoms with van der Waals surface area (Å²) in [5, 5.41) is 23.9. The van der Waals surface area contributed by atoms with E-state index in [9.17, 15) is 15.2 Å². The van der Waals surface area contributed by atoms with Gasteiger partial charge in [-0.25, -0.2) is 0 Å². The number of rotatable bonds is 3. The second-order valence-corrected chi connectivity index (χ2v) is 5.93. The van der Waals surface area contributed by atoms with Crippen molar-refractivity contribution in [2.75, 3.05) is 44.2 Å². The number of aromatic hydroxyl groups is 1. The molecule has 2 heterocycles. The molecule has 0 atom stereocenters. The van der Waals surface area contributed by atoms with E-state index in [0.29, 0.717) is 6.04 Å². The van der Waals surface area contributed by atoms with E-state index >= 15 is 0 Å². The average Bonchev–Trinajstić information content (AvgIpc) is 2.55. The largest absolute Gasteiger partial charge is 0.502 e. The molecule has 7 nitrogen and oxygen atoms in total. The van der Waals surface area contributed by atoms with E-state index < -0.39 is 4.92 Å². The standard InChI is InChI=1S/C15H22N4O3/c20-15-11-13(1-2-14(15)19(21)22)17-7-3-12(4-8-17)18-9-5-16-6-10-18/h1-2,11-12,16,20H,3-10H2. The first kappa shape index (κ1) is 15.1. The van der Waals surface area contributed by atoms with Crippen molar-refractivity contribution >= 4 is 11.4 Å². The van der Waals surface area contributed by atoms with Gasteiger partial charge in [-0.2, -0.15) is 0 Å². The number of piperidine rings is 1. The van der Waals surface area contributed by atoms with Gasteiger partial charge < -0.3 is 15.3 Å². The van der Waals surface area contributed by atoms with Crippen LogP contribution in [0.5, 0.6) is 5.75 Å². The summed E-state index contributed by atoms with van der Waals surface area (Å²) in [4.78, 5) is 14.9. The molecule has 0 aliphatic carbocycles. The first-order chi connectivity index (χ1) is 10.6. The minimum atomic E-state index is -0.560. The van der Waals surface area contributed by atoms with Crippen molar-refractivity contribution in [3.05, 3.63) is 28.3 Å². The maximum atomic E-state index is 10.7. The fourth-order valence-corrected chi connectivity index (χ4v) is 3.40. The maximum Gasteiger partial charge on any atom is 0.310 e. The molecule has 2 saturated heterocycles. The molecule has 0 radical (unpaired) electrons. The molecular weight excluding hydrogens is 284 g/mol. The molecule has 1 aromatic carbocycles. The van der Waals surface area contributed by atoms with Gasteiger partial charge in [0.05, 0.1) is 4.92 Å². The van der Waals surface area contributed by atoms with Crippen LogP contribution in [0.1, 0.15) is 12.8 Å². The summed E-state index contributed by atoms with van der Waals surface area (Å²) in [5.41, 5.74) is 0.626. The fourth-order valence-electron chi connectivity index (χ4n) is 3.40. The van der Waals surface area contributed by atoms with Gasteiger partial charge in [-0.1, -0.05) is 0 Å². The van der Waals surface area contributed by atoms with Gasteiger partial charge in [0.1, 0.15) is 0 Å². The Morgan fingerprint density at radius 1 is 1.18 bits per heavy atom. The first-order valence-electron chi connectivity index (χ1n) is 7.82. The number of nitro groups is 1. The Balaban J connectivity index is 1.61. The Morgan fingerprint density at radius 2 is 1.86 bits per heavy atom. The molecule has 1 aromatic rings. The van der Waals surface area contributed by atoms with E-state index in [1.165, 1.54) is 12.1 Å². The minimum absolute atomic E-state index is 0.237. The number of phenolic OH excluding ortho intramolecular Hbond substituents is 1. The molecule has 2 aliphatic heterocycles. The molecule has 2 fully saturated rings. The van der Waals surface area contributed by atoms with Crippen LogP contribution in [0.4, 0.5) is 11.4 Å². The Labute approximate surface area is 129 Å². The number of nitro benzene ring substituents is 1. The molecule has 22 heavy (non-hydrogen) atoms. The van der Waals surface area contributed by atoms with Crippen LogP contribution in [0.3, 0.4) is 0 Å². The third kappa shape index (κ3) is 3.15. The second kappa shape index (κ2) is 6.50. The summed E-state index contributed by atoms with van der Waals surface area (Å²) in [6.07, 6.45) is 2.19. The Morgan fingerprint density at radius 3 is 2.45 bits per heavy atom. The Kier molecular flexibility index (Phi) is 4.44. The predicted molar refractivity (Wildman–Crippen MR) is 84.4 cm³/mol. The van der Waals surface area contributed by atoms with Gasteiger partial charge in [0, 0.05) is 63.1 Å². The van der Waals surface area contributed by atoms with Gasteiger partial charge in [0.15, 0.2) is 5.75 Å². The highest BCUT2D eigenvalue weighted by Gasteiger charge is 2.26. The number of anilines is 1. The zero-order valence-electron chi connectivity index (χ0n) is 12.6. The van der Waals surface area contributed by atoms with Crippen molar-refractivity contribution < 1.29 is 10.0 Å². The van der Waals surface area contributed by atoms with Crippen molar-refractivity contribution in [2.45, 2.75) is 18.9 Å². The zero-order chi connectivity index (χ0) is 15.5. The Hall–Kier alpha value is -1.86. The lowest BCUT2D eigenvalue weighted by molar-refractivity contribution is -0.385. The van der Waals surface area contributed by atoms with Crippen molar-refractivity contribution in [3.63, 3.8) is 0 Å². The van der Waals surface area contributed by atoms with Crippen molar-refractivity contribution in [3.8, 4) is 5.75 Å². The van der Waals surface area contributed by atoms with Crippen LogP contribution in [-0.2, 0) is 0 Å². The number of nitrogens with one attached hydrogen (secondary N) is 1. The summed E-state index contributed by atoms with van der Waals surface area (Å²) >= 11 is 0. The number of hydrogen-bond donors (Lipinski definition) is 2. The molecule has 120 valence electrons. The number of phenols is 1. The summed E-state index contributed by atoms with van der Waals surface area (Å²) in [6, 6.07) is 5.24. The molecule has 0 unspecified atom stereocenters. The number of nitrogens with zero attached hydrogens (tertiary/aromatic N) is 3. The molecule has 0 amide bonds. The molecule has 2 aliphatic rings. The van der Waals surface area contributed by atoms with E-state index in [-0.39, 0.29) is 11.4 Å². The Bertz CT molecular complexity index is 538. The monoisotopic (exact) mass is 306 g/mol. The van der Waals surface area contributed by atoms with Crippen LogP contribution in [0.2, 0.25) is 0 Å². The van der Waals surface area contributed by atoms with E-state index in [0.717, 1.165) is 57.8 Å². The van der Waals surface area contributed by atoms with E-state index in [4.69, 9.17) is 0 Å². The number of hydrogen-bond acceptors (Lipinski definition) is 6. The van der Waals surface area contributed by atoms with Gasteiger partial charge in [0.25, 0.3) is 0 Å². The van der Waals surface area contributed by atoms with Crippen molar-refractivity contribution in [2.24, 2.45) is 0 Å². The smallest absolute Gasteiger partial charge is 0.310 e. The summed E-state index contributed by atoms with van der Waals surface area (Å²) in [5.74, 6) is -0.258. The summed E-state index contributed by atoms with van der Waals surface area (Å²) < 4.78 is 0. The van der Waals surface area contributed by atoms with Gasteiger partial charge >= 0.3 is 5.69 Å². The van der Waals surface area contributed by atoms with Crippen molar-refractivity contribution in [1.82, 2.24) is 10.2 Å². The minimum Gasteiger partial charge on any atom is -0.502 e. The van der Waals surface area contributed by atoms with E-state index in [1.807, 2.05) is 0 Å². The third-order valence-electron chi connectivity index (χ3n) is 4.65. The molecule has 0 spiro atoms. The highest BCUT2D eigenvalue weighted by atomic mass is 16.6.